The monoisotopic (exact) mass is 152 g/mol. The summed E-state index contributed by atoms with van der Waals surface area (Å²) in [5, 5.41) is 0. The zero-order valence-corrected chi connectivity index (χ0v) is 6.00. The van der Waals surface area contributed by atoms with E-state index in [4.69, 9.17) is 4.74 Å². The quantitative estimate of drug-likeness (QED) is 0.399. The third-order valence-corrected chi connectivity index (χ3v) is 2.23. The molecular formula is C8H8O3. The topological polar surface area (TPSA) is 46.7 Å². The van der Waals surface area contributed by atoms with E-state index < -0.39 is 5.60 Å². The van der Waals surface area contributed by atoms with Gasteiger partial charge in [0.05, 0.1) is 6.61 Å². The smallest absolute Gasteiger partial charge is 0.190 e. The summed E-state index contributed by atoms with van der Waals surface area (Å²) in [6, 6.07) is 0. The summed E-state index contributed by atoms with van der Waals surface area (Å²) in [5.74, 6) is -0.0362. The minimum atomic E-state index is -0.507. The molecule has 0 aromatic rings. The van der Waals surface area contributed by atoms with Gasteiger partial charge >= 0.3 is 0 Å². The van der Waals surface area contributed by atoms with E-state index in [1.165, 1.54) is 6.08 Å². The highest BCUT2D eigenvalue weighted by Crippen LogP contribution is 2.37. The molecule has 0 radical (unpaired) electrons. The van der Waals surface area contributed by atoms with Crippen molar-refractivity contribution in [2.45, 2.75) is 18.4 Å². The lowest BCUT2D eigenvalue weighted by molar-refractivity contribution is -0.120. The number of aldehydes is 1. The number of carbonyl (C=O) groups is 2. The molecule has 0 amide bonds. The second-order valence-electron chi connectivity index (χ2n) is 2.98. The highest BCUT2D eigenvalue weighted by molar-refractivity contribution is 6.03. The second kappa shape index (κ2) is 2.01. The molecule has 0 aromatic heterocycles. The molecule has 1 fully saturated rings. The first-order chi connectivity index (χ1) is 5.27. The summed E-state index contributed by atoms with van der Waals surface area (Å²) in [6.07, 6.45) is 3.50. The van der Waals surface area contributed by atoms with Crippen LogP contribution < -0.4 is 0 Å². The number of carbonyl (C=O) groups excluding carboxylic acids is 2. The highest BCUT2D eigenvalue weighted by atomic mass is 16.6. The first kappa shape index (κ1) is 6.73. The number of hydrogen-bond acceptors (Lipinski definition) is 3. The van der Waals surface area contributed by atoms with E-state index >= 15 is 0 Å². The number of epoxide rings is 1. The van der Waals surface area contributed by atoms with Crippen molar-refractivity contribution in [1.29, 1.82) is 0 Å². The van der Waals surface area contributed by atoms with Gasteiger partial charge in [-0.05, 0) is 24.5 Å². The summed E-state index contributed by atoms with van der Waals surface area (Å²) < 4.78 is 5.03. The molecule has 11 heavy (non-hydrogen) atoms. The Bertz CT molecular complexity index is 248. The zero-order chi connectivity index (χ0) is 7.90. The van der Waals surface area contributed by atoms with Gasteiger partial charge in [0.2, 0.25) is 0 Å². The summed E-state index contributed by atoms with van der Waals surface area (Å²) >= 11 is 0. The lowest BCUT2D eigenvalue weighted by Gasteiger charge is -2.13. The average molecular weight is 152 g/mol. The SMILES string of the molecule is O=CC1=CC(=O)C2(CC1)CO2. The van der Waals surface area contributed by atoms with Crippen LogP contribution in [0.3, 0.4) is 0 Å². The molecule has 0 N–H and O–H groups in total. The maximum Gasteiger partial charge on any atom is 0.190 e. The van der Waals surface area contributed by atoms with Crippen LogP contribution in [0.5, 0.6) is 0 Å². The van der Waals surface area contributed by atoms with Crippen molar-refractivity contribution in [3.05, 3.63) is 11.6 Å². The van der Waals surface area contributed by atoms with E-state index in [1.807, 2.05) is 0 Å². The van der Waals surface area contributed by atoms with Crippen LogP contribution in [0.4, 0.5) is 0 Å². The van der Waals surface area contributed by atoms with Gasteiger partial charge in [-0.3, -0.25) is 9.59 Å². The predicted octanol–water partition coefficient (Wildman–Crippen LogP) is 0.244. The molecule has 58 valence electrons. The van der Waals surface area contributed by atoms with Crippen molar-refractivity contribution >= 4 is 12.1 Å². The number of ether oxygens (including phenoxy) is 1. The van der Waals surface area contributed by atoms with E-state index in [1.54, 1.807) is 0 Å². The number of allylic oxidation sites excluding steroid dienone is 1. The van der Waals surface area contributed by atoms with Gasteiger partial charge in [0.15, 0.2) is 11.4 Å². The standard InChI is InChI=1S/C8H8O3/c9-4-6-1-2-8(5-11-8)7(10)3-6/h3-4H,1-2,5H2. The Morgan fingerprint density at radius 1 is 1.64 bits per heavy atom. The van der Waals surface area contributed by atoms with Gasteiger partial charge in [-0.15, -0.1) is 0 Å². The van der Waals surface area contributed by atoms with Crippen molar-refractivity contribution in [2.24, 2.45) is 0 Å². The Kier molecular flexibility index (Phi) is 1.23. The fourth-order valence-electron chi connectivity index (χ4n) is 1.31. The number of rotatable bonds is 1. The first-order valence-corrected chi connectivity index (χ1v) is 3.61. The molecule has 3 nitrogen and oxygen atoms in total. The summed E-state index contributed by atoms with van der Waals surface area (Å²) in [4.78, 5) is 21.5. The fourth-order valence-corrected chi connectivity index (χ4v) is 1.31. The molecule has 1 unspecified atom stereocenters. The molecule has 1 atom stereocenters. The van der Waals surface area contributed by atoms with Crippen LogP contribution in [-0.4, -0.2) is 24.3 Å². The minimum absolute atomic E-state index is 0.0362. The average Bonchev–Trinajstić information content (AvgIpc) is 2.77. The van der Waals surface area contributed by atoms with Crippen molar-refractivity contribution in [3.8, 4) is 0 Å². The lowest BCUT2D eigenvalue weighted by Crippen LogP contribution is -2.26. The molecule has 1 aliphatic carbocycles. The van der Waals surface area contributed by atoms with Gasteiger partial charge in [-0.25, -0.2) is 0 Å². The third-order valence-electron chi connectivity index (χ3n) is 2.23. The van der Waals surface area contributed by atoms with Crippen molar-refractivity contribution in [1.82, 2.24) is 0 Å². The second-order valence-corrected chi connectivity index (χ2v) is 2.98. The molecule has 2 aliphatic rings. The van der Waals surface area contributed by atoms with Crippen molar-refractivity contribution in [3.63, 3.8) is 0 Å². The van der Waals surface area contributed by atoms with Crippen LogP contribution in [-0.2, 0) is 14.3 Å². The van der Waals surface area contributed by atoms with Gasteiger partial charge in [0.1, 0.15) is 6.29 Å². The Morgan fingerprint density at radius 2 is 2.36 bits per heavy atom. The zero-order valence-electron chi connectivity index (χ0n) is 6.00. The summed E-state index contributed by atoms with van der Waals surface area (Å²) in [7, 11) is 0. The molecular weight excluding hydrogens is 144 g/mol. The number of hydrogen-bond donors (Lipinski definition) is 0. The number of ketones is 1. The Labute approximate surface area is 64.0 Å². The van der Waals surface area contributed by atoms with E-state index in [-0.39, 0.29) is 5.78 Å². The maximum atomic E-state index is 11.2. The normalized spacial score (nSPS) is 35.3. The van der Waals surface area contributed by atoms with Gasteiger partial charge < -0.3 is 4.74 Å². The molecule has 1 spiro atoms. The van der Waals surface area contributed by atoms with Crippen LogP contribution in [0.25, 0.3) is 0 Å². The van der Waals surface area contributed by atoms with E-state index in [2.05, 4.69) is 0 Å². The summed E-state index contributed by atoms with van der Waals surface area (Å²) in [5.41, 5.74) is 0.0862. The minimum Gasteiger partial charge on any atom is -0.361 e. The van der Waals surface area contributed by atoms with Gasteiger partial charge in [-0.1, -0.05) is 0 Å². The lowest BCUT2D eigenvalue weighted by atomic mass is 9.89. The predicted molar refractivity (Wildman–Crippen MR) is 37.1 cm³/mol. The van der Waals surface area contributed by atoms with Gasteiger partial charge in [0, 0.05) is 0 Å². The molecule has 3 heteroatoms. The Balaban J connectivity index is 2.24. The fraction of sp³-hybridized carbons (Fsp3) is 0.500. The van der Waals surface area contributed by atoms with Gasteiger partial charge in [0.25, 0.3) is 0 Å². The van der Waals surface area contributed by atoms with Crippen molar-refractivity contribution in [2.75, 3.05) is 6.61 Å². The molecule has 1 heterocycles. The van der Waals surface area contributed by atoms with Crippen LogP contribution >= 0.6 is 0 Å². The molecule has 0 saturated carbocycles. The Hall–Kier alpha value is -0.960. The van der Waals surface area contributed by atoms with Crippen LogP contribution in [0.2, 0.25) is 0 Å². The highest BCUT2D eigenvalue weighted by Gasteiger charge is 2.51. The molecule has 0 bridgehead atoms. The summed E-state index contributed by atoms with van der Waals surface area (Å²) in [6.45, 7) is 0.536. The largest absolute Gasteiger partial charge is 0.361 e. The Morgan fingerprint density at radius 3 is 2.82 bits per heavy atom. The van der Waals surface area contributed by atoms with Crippen molar-refractivity contribution < 1.29 is 14.3 Å². The van der Waals surface area contributed by atoms with E-state index in [0.717, 1.165) is 6.29 Å². The first-order valence-electron chi connectivity index (χ1n) is 3.61. The van der Waals surface area contributed by atoms with Crippen LogP contribution in [0.1, 0.15) is 12.8 Å². The molecule has 1 aliphatic heterocycles. The van der Waals surface area contributed by atoms with E-state index in [0.29, 0.717) is 25.0 Å². The van der Waals surface area contributed by atoms with Crippen LogP contribution in [0, 0.1) is 0 Å². The third kappa shape index (κ3) is 0.922. The molecule has 2 rings (SSSR count). The van der Waals surface area contributed by atoms with E-state index in [9.17, 15) is 9.59 Å². The maximum absolute atomic E-state index is 11.2. The molecule has 1 saturated heterocycles. The van der Waals surface area contributed by atoms with Gasteiger partial charge in [-0.2, -0.15) is 0 Å². The van der Waals surface area contributed by atoms with Crippen LogP contribution in [0.15, 0.2) is 11.6 Å². The molecule has 0 aromatic carbocycles.